The van der Waals surface area contributed by atoms with Crippen molar-refractivity contribution in [2.45, 2.75) is 30.6 Å². The van der Waals surface area contributed by atoms with Gasteiger partial charge in [-0.15, -0.1) is 0 Å². The molecule has 0 bridgehead atoms. The van der Waals surface area contributed by atoms with Gasteiger partial charge in [-0.05, 0) is 37.1 Å². The Hall–Kier alpha value is -1.22. The first kappa shape index (κ1) is 14.2. The molecule has 0 aliphatic heterocycles. The topological polar surface area (TPSA) is 0 Å². The number of benzene rings is 1. The standard InChI is InChI=1S/C13H13F5S/c14-19(15,16,17,18)13-9-7-12(8-10-13)6-5-11-3-1-2-4-11/h7-11H,1-4H2. The van der Waals surface area contributed by atoms with Gasteiger partial charge >= 0.3 is 10.2 Å². The van der Waals surface area contributed by atoms with Crippen LogP contribution in [0.25, 0.3) is 0 Å². The minimum absolute atomic E-state index is 0.273. The lowest BCUT2D eigenvalue weighted by molar-refractivity contribution is 0.364. The van der Waals surface area contributed by atoms with Crippen LogP contribution in [-0.4, -0.2) is 0 Å². The molecule has 1 aromatic carbocycles. The zero-order valence-corrected chi connectivity index (χ0v) is 10.8. The first-order chi connectivity index (χ1) is 8.54. The highest BCUT2D eigenvalue weighted by atomic mass is 32.5. The van der Waals surface area contributed by atoms with Crippen molar-refractivity contribution in [3.63, 3.8) is 0 Å². The summed E-state index contributed by atoms with van der Waals surface area (Å²) in [5.74, 6) is 5.98. The van der Waals surface area contributed by atoms with Crippen molar-refractivity contribution in [3.05, 3.63) is 29.8 Å². The maximum atomic E-state index is 12.5. The predicted molar refractivity (Wildman–Crippen MR) is 66.7 cm³/mol. The maximum absolute atomic E-state index is 12.5. The van der Waals surface area contributed by atoms with E-state index in [1.165, 1.54) is 0 Å². The summed E-state index contributed by atoms with van der Waals surface area (Å²) in [6.07, 6.45) is 4.22. The van der Waals surface area contributed by atoms with Gasteiger partial charge in [0.2, 0.25) is 0 Å². The van der Waals surface area contributed by atoms with Crippen LogP contribution in [0.2, 0.25) is 0 Å². The van der Waals surface area contributed by atoms with Crippen molar-refractivity contribution < 1.29 is 19.4 Å². The second-order valence-electron chi connectivity index (χ2n) is 4.74. The normalized spacial score (nSPS) is 20.3. The average molecular weight is 296 g/mol. The SMILES string of the molecule is FS(F)(F)(F)(F)c1ccc(C#CC2CCCC2)cc1. The Bertz CT molecular complexity index is 526. The molecule has 0 N–H and O–H groups in total. The molecule has 0 radical (unpaired) electrons. The molecule has 1 saturated carbocycles. The third-order valence-corrected chi connectivity index (χ3v) is 4.24. The van der Waals surface area contributed by atoms with Gasteiger partial charge in [-0.2, -0.15) is 0 Å². The van der Waals surface area contributed by atoms with E-state index in [0.717, 1.165) is 37.8 Å². The third-order valence-electron chi connectivity index (χ3n) is 3.08. The molecule has 6 heteroatoms. The smallest absolute Gasteiger partial charge is 0.0945 e. The summed E-state index contributed by atoms with van der Waals surface area (Å²) in [5.41, 5.74) is 0.331. The van der Waals surface area contributed by atoms with Gasteiger partial charge in [0, 0.05) is 11.5 Å². The molecular formula is C13H13F5S. The Kier molecular flexibility index (Phi) is 2.91. The molecule has 1 aromatic rings. The van der Waals surface area contributed by atoms with E-state index in [-0.39, 0.29) is 5.92 Å². The van der Waals surface area contributed by atoms with Gasteiger partial charge in [-0.25, -0.2) is 0 Å². The molecule has 106 valence electrons. The minimum atomic E-state index is -9.56. The van der Waals surface area contributed by atoms with Crippen LogP contribution in [0.4, 0.5) is 19.4 Å². The van der Waals surface area contributed by atoms with E-state index in [2.05, 4.69) is 11.8 Å². The first-order valence-electron chi connectivity index (χ1n) is 5.90. The molecule has 0 spiro atoms. The number of hydrogen-bond donors (Lipinski definition) is 0. The van der Waals surface area contributed by atoms with E-state index >= 15 is 0 Å². The van der Waals surface area contributed by atoms with Crippen LogP contribution in [0, 0.1) is 17.8 Å². The molecule has 0 unspecified atom stereocenters. The predicted octanol–water partition coefficient (Wildman–Crippen LogP) is 5.89. The molecule has 0 aromatic heterocycles. The molecule has 0 saturated heterocycles. The summed E-state index contributed by atoms with van der Waals surface area (Å²) in [5, 5.41) is 0. The van der Waals surface area contributed by atoms with Crippen molar-refractivity contribution in [1.29, 1.82) is 0 Å². The van der Waals surface area contributed by atoms with E-state index < -0.39 is 15.1 Å². The third kappa shape index (κ3) is 3.87. The van der Waals surface area contributed by atoms with Gasteiger partial charge in [-0.3, -0.25) is 0 Å². The molecule has 1 fully saturated rings. The fraction of sp³-hybridized carbons (Fsp3) is 0.385. The van der Waals surface area contributed by atoms with Crippen LogP contribution >= 0.6 is 10.2 Å². The van der Waals surface area contributed by atoms with Gasteiger partial charge in [0.1, 0.15) is 4.90 Å². The van der Waals surface area contributed by atoms with Gasteiger partial charge < -0.3 is 0 Å². The lowest BCUT2D eigenvalue weighted by atomic mass is 10.1. The van der Waals surface area contributed by atoms with Crippen LogP contribution in [-0.2, 0) is 0 Å². The minimum Gasteiger partial charge on any atom is -0.0945 e. The molecule has 0 amide bonds. The second-order valence-corrected chi connectivity index (χ2v) is 7.15. The molecule has 19 heavy (non-hydrogen) atoms. The van der Waals surface area contributed by atoms with Crippen molar-refractivity contribution in [2.24, 2.45) is 5.92 Å². The molecule has 1 aliphatic carbocycles. The summed E-state index contributed by atoms with van der Waals surface area (Å²) in [7, 11) is -9.56. The number of hydrogen-bond acceptors (Lipinski definition) is 0. The van der Waals surface area contributed by atoms with E-state index in [0.29, 0.717) is 17.7 Å². The van der Waals surface area contributed by atoms with Crippen molar-refractivity contribution in [1.82, 2.24) is 0 Å². The zero-order chi connectivity index (χ0) is 14.2. The summed E-state index contributed by atoms with van der Waals surface area (Å²) in [6, 6.07) is 2.80. The Morgan fingerprint density at radius 1 is 0.895 bits per heavy atom. The van der Waals surface area contributed by atoms with Gasteiger partial charge in [0.05, 0.1) is 0 Å². The quantitative estimate of drug-likeness (QED) is 0.448. The second kappa shape index (κ2) is 3.89. The van der Waals surface area contributed by atoms with E-state index in [4.69, 9.17) is 0 Å². The van der Waals surface area contributed by atoms with Crippen LogP contribution in [0.5, 0.6) is 0 Å². The fourth-order valence-electron chi connectivity index (χ4n) is 2.05. The highest BCUT2D eigenvalue weighted by Gasteiger charge is 2.65. The van der Waals surface area contributed by atoms with E-state index in [1.54, 1.807) is 0 Å². The molecule has 0 atom stereocenters. The number of rotatable bonds is 1. The highest BCUT2D eigenvalue weighted by Crippen LogP contribution is 3.02. The largest absolute Gasteiger partial charge is 0.310 e. The molecule has 2 rings (SSSR count). The lowest BCUT2D eigenvalue weighted by Crippen LogP contribution is -2.05. The first-order valence-corrected chi connectivity index (χ1v) is 7.85. The summed E-state index contributed by atoms with van der Waals surface area (Å²) in [6.45, 7) is 0. The fourth-order valence-corrected chi connectivity index (χ4v) is 2.70. The van der Waals surface area contributed by atoms with Crippen molar-refractivity contribution >= 4 is 10.2 Å². The molecule has 0 nitrogen and oxygen atoms in total. The van der Waals surface area contributed by atoms with Crippen LogP contribution in [0.3, 0.4) is 0 Å². The Balaban J connectivity index is 2.20. The van der Waals surface area contributed by atoms with Crippen LogP contribution < -0.4 is 0 Å². The highest BCUT2D eigenvalue weighted by molar-refractivity contribution is 8.45. The molecule has 0 heterocycles. The van der Waals surface area contributed by atoms with Crippen LogP contribution in [0.15, 0.2) is 29.2 Å². The van der Waals surface area contributed by atoms with Crippen molar-refractivity contribution in [2.75, 3.05) is 0 Å². The molecule has 1 aliphatic rings. The van der Waals surface area contributed by atoms with E-state index in [1.807, 2.05) is 0 Å². The maximum Gasteiger partial charge on any atom is 0.310 e. The average Bonchev–Trinajstić information content (AvgIpc) is 2.76. The zero-order valence-electron chi connectivity index (χ0n) is 10.0. The summed E-state index contributed by atoms with van der Waals surface area (Å²) >= 11 is 0. The molecular weight excluding hydrogens is 283 g/mol. The number of halogens is 5. The van der Waals surface area contributed by atoms with Gasteiger partial charge in [0.15, 0.2) is 0 Å². The van der Waals surface area contributed by atoms with Crippen molar-refractivity contribution in [3.8, 4) is 11.8 Å². The van der Waals surface area contributed by atoms with E-state index in [9.17, 15) is 19.4 Å². The Morgan fingerprint density at radius 3 is 1.89 bits per heavy atom. The summed E-state index contributed by atoms with van der Waals surface area (Å²) in [4.78, 5) is -1.87. The van der Waals surface area contributed by atoms with Gasteiger partial charge in [0.25, 0.3) is 0 Å². The Labute approximate surface area is 108 Å². The monoisotopic (exact) mass is 296 g/mol. The van der Waals surface area contributed by atoms with Crippen LogP contribution in [0.1, 0.15) is 31.2 Å². The lowest BCUT2D eigenvalue weighted by Gasteiger charge is -2.40. The summed E-state index contributed by atoms with van der Waals surface area (Å²) < 4.78 is 62.4. The Morgan fingerprint density at radius 2 is 1.42 bits per heavy atom. The van der Waals surface area contributed by atoms with Gasteiger partial charge in [-0.1, -0.05) is 44.1 Å².